The first kappa shape index (κ1) is 13.4. The molecule has 0 bridgehead atoms. The average molecular weight is 307 g/mol. The number of alkyl halides is 1. The molecule has 0 N–H and O–H groups in total. The molecule has 0 saturated heterocycles. The Morgan fingerprint density at radius 3 is 2.65 bits per heavy atom. The van der Waals surface area contributed by atoms with Crippen LogP contribution in [0.4, 0.5) is 4.39 Å². The number of rotatable bonds is 3. The minimum Gasteiger partial charge on any atom is -0.497 e. The first-order chi connectivity index (χ1) is 9.69. The topological polar surface area (TPSA) is 9.23 Å². The highest BCUT2D eigenvalue weighted by molar-refractivity contribution is 7.19. The molecule has 0 aliphatic carbocycles. The second-order valence-corrected chi connectivity index (χ2v) is 5.99. The predicted octanol–water partition coefficient (Wildman–Crippen LogP) is 5.38. The number of hydrogen-bond donors (Lipinski definition) is 0. The Labute approximate surface area is 125 Å². The van der Waals surface area contributed by atoms with Crippen molar-refractivity contribution in [3.8, 4) is 5.75 Å². The molecule has 0 radical (unpaired) electrons. The first-order valence-electron chi connectivity index (χ1n) is 6.15. The van der Waals surface area contributed by atoms with Gasteiger partial charge in [-0.05, 0) is 23.6 Å². The van der Waals surface area contributed by atoms with E-state index in [1.807, 2.05) is 30.3 Å². The van der Waals surface area contributed by atoms with Crippen molar-refractivity contribution in [2.75, 3.05) is 7.11 Å². The standard InChI is InChI=1S/C16H12ClFOS/c1-19-11-6-7-12(13(18)9-11)16(17)15-8-10-4-2-3-5-14(10)20-15/h2-9,16H,1H3. The minimum absolute atomic E-state index is 0.346. The Morgan fingerprint density at radius 2 is 1.95 bits per heavy atom. The van der Waals surface area contributed by atoms with Crippen LogP contribution in [0.25, 0.3) is 10.1 Å². The molecular weight excluding hydrogens is 295 g/mol. The Balaban J connectivity index is 2.01. The lowest BCUT2D eigenvalue weighted by Gasteiger charge is -2.10. The lowest BCUT2D eigenvalue weighted by atomic mass is 10.1. The summed E-state index contributed by atoms with van der Waals surface area (Å²) in [7, 11) is 1.51. The van der Waals surface area contributed by atoms with Crippen molar-refractivity contribution in [2.45, 2.75) is 5.38 Å². The largest absolute Gasteiger partial charge is 0.497 e. The van der Waals surface area contributed by atoms with E-state index in [2.05, 4.69) is 0 Å². The molecule has 0 aliphatic rings. The predicted molar refractivity (Wildman–Crippen MR) is 82.5 cm³/mol. The summed E-state index contributed by atoms with van der Waals surface area (Å²) in [5, 5.41) is 0.644. The van der Waals surface area contributed by atoms with Crippen LogP contribution in [0, 0.1) is 5.82 Å². The van der Waals surface area contributed by atoms with Crippen molar-refractivity contribution in [1.82, 2.24) is 0 Å². The smallest absolute Gasteiger partial charge is 0.131 e. The molecule has 1 aromatic heterocycles. The highest BCUT2D eigenvalue weighted by Crippen LogP contribution is 2.38. The number of fused-ring (bicyclic) bond motifs is 1. The monoisotopic (exact) mass is 306 g/mol. The number of halogens is 2. The maximum Gasteiger partial charge on any atom is 0.131 e. The van der Waals surface area contributed by atoms with Gasteiger partial charge < -0.3 is 4.74 Å². The summed E-state index contributed by atoms with van der Waals surface area (Å²) in [4.78, 5) is 0.942. The first-order valence-corrected chi connectivity index (χ1v) is 7.40. The van der Waals surface area contributed by atoms with Gasteiger partial charge in [0.25, 0.3) is 0 Å². The zero-order valence-corrected chi connectivity index (χ0v) is 12.3. The van der Waals surface area contributed by atoms with Crippen LogP contribution in [-0.4, -0.2) is 7.11 Å². The van der Waals surface area contributed by atoms with Gasteiger partial charge in [-0.1, -0.05) is 24.3 Å². The number of hydrogen-bond acceptors (Lipinski definition) is 2. The molecule has 3 rings (SSSR count). The molecule has 1 heterocycles. The number of thiophene rings is 1. The molecule has 2 aromatic carbocycles. The van der Waals surface area contributed by atoms with Crippen molar-refractivity contribution in [1.29, 1.82) is 0 Å². The summed E-state index contributed by atoms with van der Waals surface area (Å²) in [6, 6.07) is 14.8. The Kier molecular flexibility index (Phi) is 3.64. The summed E-state index contributed by atoms with van der Waals surface area (Å²) in [5.74, 6) is 0.147. The third-order valence-electron chi connectivity index (χ3n) is 3.18. The fraction of sp³-hybridized carbons (Fsp3) is 0.125. The van der Waals surface area contributed by atoms with Crippen molar-refractivity contribution in [2.24, 2.45) is 0 Å². The van der Waals surface area contributed by atoms with Gasteiger partial charge in [0.2, 0.25) is 0 Å². The van der Waals surface area contributed by atoms with E-state index in [9.17, 15) is 4.39 Å². The zero-order chi connectivity index (χ0) is 14.1. The molecule has 1 nitrogen and oxygen atoms in total. The fourth-order valence-corrected chi connectivity index (χ4v) is 3.56. The van der Waals surface area contributed by atoms with Crippen LogP contribution < -0.4 is 4.74 Å². The van der Waals surface area contributed by atoms with Crippen LogP contribution in [0.2, 0.25) is 0 Å². The summed E-state index contributed by atoms with van der Waals surface area (Å²) in [6.45, 7) is 0. The van der Waals surface area contributed by atoms with Crippen LogP contribution in [-0.2, 0) is 0 Å². The van der Waals surface area contributed by atoms with Gasteiger partial charge in [0.15, 0.2) is 0 Å². The van der Waals surface area contributed by atoms with Gasteiger partial charge in [0.05, 0.1) is 12.5 Å². The van der Waals surface area contributed by atoms with Crippen molar-refractivity contribution < 1.29 is 9.13 Å². The Bertz CT molecular complexity index is 720. The van der Waals surface area contributed by atoms with Gasteiger partial charge in [0.1, 0.15) is 11.6 Å². The molecule has 0 aliphatic heterocycles. The molecular formula is C16H12ClFOS. The van der Waals surface area contributed by atoms with Gasteiger partial charge in [-0.15, -0.1) is 22.9 Å². The minimum atomic E-state index is -0.488. The van der Waals surface area contributed by atoms with E-state index in [4.69, 9.17) is 16.3 Å². The fourth-order valence-electron chi connectivity index (χ4n) is 2.12. The van der Waals surface area contributed by atoms with E-state index in [1.54, 1.807) is 23.5 Å². The van der Waals surface area contributed by atoms with E-state index in [-0.39, 0.29) is 5.82 Å². The van der Waals surface area contributed by atoms with Crippen molar-refractivity contribution >= 4 is 33.0 Å². The number of methoxy groups -OCH3 is 1. The number of benzene rings is 2. The van der Waals surface area contributed by atoms with Crippen molar-refractivity contribution in [3.63, 3.8) is 0 Å². The lowest BCUT2D eigenvalue weighted by molar-refractivity contribution is 0.411. The Morgan fingerprint density at radius 1 is 1.15 bits per heavy atom. The lowest BCUT2D eigenvalue weighted by Crippen LogP contribution is -1.95. The summed E-state index contributed by atoms with van der Waals surface area (Å²) in [6.07, 6.45) is 0. The van der Waals surface area contributed by atoms with Gasteiger partial charge in [-0.2, -0.15) is 0 Å². The van der Waals surface area contributed by atoms with Gasteiger partial charge in [-0.3, -0.25) is 0 Å². The van der Waals surface area contributed by atoms with Crippen molar-refractivity contribution in [3.05, 3.63) is 64.8 Å². The zero-order valence-electron chi connectivity index (χ0n) is 10.8. The van der Waals surface area contributed by atoms with Gasteiger partial charge in [-0.25, -0.2) is 4.39 Å². The molecule has 4 heteroatoms. The van der Waals surface area contributed by atoms with Crippen LogP contribution in [0.3, 0.4) is 0 Å². The van der Waals surface area contributed by atoms with E-state index in [0.29, 0.717) is 11.3 Å². The normalized spacial score (nSPS) is 12.6. The molecule has 0 saturated carbocycles. The third-order valence-corrected chi connectivity index (χ3v) is 4.96. The highest BCUT2D eigenvalue weighted by Gasteiger charge is 2.18. The average Bonchev–Trinajstić information content (AvgIpc) is 2.90. The van der Waals surface area contributed by atoms with E-state index in [0.717, 1.165) is 15.0 Å². The Hall–Kier alpha value is -1.58. The van der Waals surface area contributed by atoms with E-state index >= 15 is 0 Å². The van der Waals surface area contributed by atoms with Crippen LogP contribution in [0.5, 0.6) is 5.75 Å². The molecule has 1 atom stereocenters. The van der Waals surface area contributed by atoms with E-state index in [1.165, 1.54) is 13.2 Å². The highest BCUT2D eigenvalue weighted by atomic mass is 35.5. The molecule has 3 aromatic rings. The summed E-state index contributed by atoms with van der Waals surface area (Å²) in [5.41, 5.74) is 0.471. The molecule has 0 spiro atoms. The van der Waals surface area contributed by atoms with Crippen LogP contribution in [0.1, 0.15) is 15.8 Å². The van der Waals surface area contributed by atoms with Gasteiger partial charge >= 0.3 is 0 Å². The summed E-state index contributed by atoms with van der Waals surface area (Å²) < 4.78 is 20.2. The third kappa shape index (κ3) is 2.39. The van der Waals surface area contributed by atoms with E-state index < -0.39 is 5.38 Å². The molecule has 20 heavy (non-hydrogen) atoms. The SMILES string of the molecule is COc1ccc(C(Cl)c2cc3ccccc3s2)c(F)c1. The second-order valence-electron chi connectivity index (χ2n) is 4.44. The second kappa shape index (κ2) is 5.43. The molecule has 102 valence electrons. The molecule has 0 amide bonds. The number of ether oxygens (including phenoxy) is 1. The van der Waals surface area contributed by atoms with Gasteiger partial charge in [0, 0.05) is 21.2 Å². The van der Waals surface area contributed by atoms with Crippen LogP contribution >= 0.6 is 22.9 Å². The quantitative estimate of drug-likeness (QED) is 0.590. The summed E-state index contributed by atoms with van der Waals surface area (Å²) >= 11 is 8.02. The molecule has 1 unspecified atom stereocenters. The maximum atomic E-state index is 14.1. The van der Waals surface area contributed by atoms with Crippen LogP contribution in [0.15, 0.2) is 48.5 Å². The maximum absolute atomic E-state index is 14.1. The molecule has 0 fully saturated rings.